The largest absolute Gasteiger partial charge is 0.398 e. The van der Waals surface area contributed by atoms with Crippen LogP contribution in [0.2, 0.25) is 0 Å². The van der Waals surface area contributed by atoms with E-state index in [1.807, 2.05) is 26.8 Å². The first kappa shape index (κ1) is 13.7. The minimum Gasteiger partial charge on any atom is -0.398 e. The summed E-state index contributed by atoms with van der Waals surface area (Å²) in [5.41, 5.74) is 9.20. The van der Waals surface area contributed by atoms with Crippen molar-refractivity contribution in [2.45, 2.75) is 27.4 Å². The fourth-order valence-electron chi connectivity index (χ4n) is 1.22. The molecule has 0 aliphatic rings. The fraction of sp³-hybridized carbons (Fsp3) is 0.417. The van der Waals surface area contributed by atoms with Crippen molar-refractivity contribution in [2.75, 3.05) is 12.8 Å². The van der Waals surface area contributed by atoms with E-state index < -0.39 is 0 Å². The lowest BCUT2D eigenvalue weighted by Crippen LogP contribution is -1.98. The Labute approximate surface area is 91.7 Å². The van der Waals surface area contributed by atoms with Gasteiger partial charge in [-0.15, -0.1) is 0 Å². The Balaban J connectivity index is 0.000000921. The van der Waals surface area contributed by atoms with Gasteiger partial charge < -0.3 is 10.8 Å². The fourth-order valence-corrected chi connectivity index (χ4v) is 1.22. The van der Waals surface area contributed by atoms with Gasteiger partial charge >= 0.3 is 0 Å². The highest BCUT2D eigenvalue weighted by Gasteiger charge is 2.01. The van der Waals surface area contributed by atoms with Gasteiger partial charge in [-0.2, -0.15) is 0 Å². The highest BCUT2D eigenvalue weighted by atomic mass is 16.3. The van der Waals surface area contributed by atoms with Crippen LogP contribution in [0.15, 0.2) is 17.1 Å². The number of hydrogen-bond acceptors (Lipinski definition) is 3. The molecule has 3 nitrogen and oxygen atoms in total. The van der Waals surface area contributed by atoms with E-state index in [1.165, 1.54) is 0 Å². The quantitative estimate of drug-likeness (QED) is 0.578. The van der Waals surface area contributed by atoms with Crippen LogP contribution in [0.4, 0.5) is 5.69 Å². The zero-order chi connectivity index (χ0) is 11.8. The lowest BCUT2D eigenvalue weighted by atomic mass is 10.0. The molecule has 0 radical (unpaired) electrons. The Morgan fingerprint density at radius 1 is 1.40 bits per heavy atom. The molecule has 1 aromatic rings. The van der Waals surface area contributed by atoms with Gasteiger partial charge in [0.05, 0.1) is 6.61 Å². The second kappa shape index (κ2) is 7.01. The molecule has 3 heteroatoms. The number of nitrogens with two attached hydrogens (primary N) is 1. The molecule has 0 amide bonds. The number of nitrogens with zero attached hydrogens (tertiary/aromatic N) is 1. The maximum Gasteiger partial charge on any atom is 0.0685 e. The average Bonchev–Trinajstić information content (AvgIpc) is 2.26. The first-order valence-electron chi connectivity index (χ1n) is 5.11. The van der Waals surface area contributed by atoms with Gasteiger partial charge in [0.25, 0.3) is 0 Å². The van der Waals surface area contributed by atoms with E-state index in [0.29, 0.717) is 5.69 Å². The molecule has 0 saturated carbocycles. The summed E-state index contributed by atoms with van der Waals surface area (Å²) in [6.45, 7) is 5.97. The minimum absolute atomic E-state index is 0.0274. The lowest BCUT2D eigenvalue weighted by molar-refractivity contribution is 0.281. The van der Waals surface area contributed by atoms with Crippen molar-refractivity contribution in [1.29, 1.82) is 0 Å². The number of anilines is 1. The molecule has 3 N–H and O–H groups in total. The van der Waals surface area contributed by atoms with E-state index in [0.717, 1.165) is 16.7 Å². The second-order valence-electron chi connectivity index (χ2n) is 2.95. The van der Waals surface area contributed by atoms with Crippen LogP contribution in [0.3, 0.4) is 0 Å². The van der Waals surface area contributed by atoms with Crippen molar-refractivity contribution in [1.82, 2.24) is 0 Å². The monoisotopic (exact) mass is 208 g/mol. The number of nitrogen functional groups attached to an aromatic ring is 1. The summed E-state index contributed by atoms with van der Waals surface area (Å²) in [5.74, 6) is 0. The van der Waals surface area contributed by atoms with E-state index in [9.17, 15) is 0 Å². The molecule has 0 atom stereocenters. The van der Waals surface area contributed by atoms with Crippen molar-refractivity contribution in [3.63, 3.8) is 0 Å². The van der Waals surface area contributed by atoms with Crippen molar-refractivity contribution in [2.24, 2.45) is 4.99 Å². The summed E-state index contributed by atoms with van der Waals surface area (Å²) < 4.78 is 0. The Morgan fingerprint density at radius 2 is 2.00 bits per heavy atom. The summed E-state index contributed by atoms with van der Waals surface area (Å²) in [5, 5.41) is 8.97. The van der Waals surface area contributed by atoms with Crippen molar-refractivity contribution < 1.29 is 5.11 Å². The van der Waals surface area contributed by atoms with Gasteiger partial charge in [0.2, 0.25) is 0 Å². The van der Waals surface area contributed by atoms with Crippen LogP contribution < -0.4 is 5.73 Å². The number of benzene rings is 1. The zero-order valence-electron chi connectivity index (χ0n) is 9.91. The number of aliphatic hydroxyl groups is 1. The predicted octanol–water partition coefficient (Wildman–Crippen LogP) is 2.14. The Bertz CT molecular complexity index is 333. The highest BCUT2D eigenvalue weighted by molar-refractivity contribution is 5.87. The van der Waals surface area contributed by atoms with Crippen molar-refractivity contribution in [3.8, 4) is 0 Å². The van der Waals surface area contributed by atoms with Crippen molar-refractivity contribution >= 4 is 11.9 Å². The molecule has 0 spiro atoms. The SMILES string of the molecule is CC.CN=Cc1cc(C)c(CO)cc1N. The van der Waals surface area contributed by atoms with Crippen molar-refractivity contribution in [3.05, 3.63) is 28.8 Å². The third-order valence-corrected chi connectivity index (χ3v) is 1.98. The molecule has 0 saturated heterocycles. The predicted molar refractivity (Wildman–Crippen MR) is 66.4 cm³/mol. The maximum atomic E-state index is 8.97. The standard InChI is InChI=1S/C10H14N2O.C2H6/c1-7-3-8(5-12-2)10(11)4-9(7)6-13;1-2/h3-5,13H,6,11H2,1-2H3;1-2H3. The van der Waals surface area contributed by atoms with E-state index in [-0.39, 0.29) is 6.61 Å². The molecule has 1 rings (SSSR count). The normalized spacial score (nSPS) is 9.93. The van der Waals surface area contributed by atoms with Crippen LogP contribution >= 0.6 is 0 Å². The average molecular weight is 208 g/mol. The first-order chi connectivity index (χ1) is 7.19. The molecule has 84 valence electrons. The number of aliphatic hydroxyl groups excluding tert-OH is 1. The van der Waals surface area contributed by atoms with Gasteiger partial charge in [-0.05, 0) is 30.2 Å². The Morgan fingerprint density at radius 3 is 2.47 bits per heavy atom. The summed E-state index contributed by atoms with van der Waals surface area (Å²) in [7, 11) is 1.70. The van der Waals surface area contributed by atoms with Gasteiger partial charge in [-0.1, -0.05) is 13.8 Å². The van der Waals surface area contributed by atoms with Crippen LogP contribution in [0.5, 0.6) is 0 Å². The summed E-state index contributed by atoms with van der Waals surface area (Å²) in [6, 6.07) is 3.71. The number of aliphatic imine (C=N–C) groups is 1. The number of hydrogen-bond donors (Lipinski definition) is 2. The molecule has 0 aromatic heterocycles. The second-order valence-corrected chi connectivity index (χ2v) is 2.95. The van der Waals surface area contributed by atoms with E-state index in [4.69, 9.17) is 10.8 Å². The molecular weight excluding hydrogens is 188 g/mol. The van der Waals surface area contributed by atoms with Gasteiger partial charge in [0.1, 0.15) is 0 Å². The van der Waals surface area contributed by atoms with E-state index >= 15 is 0 Å². The maximum absolute atomic E-state index is 8.97. The Hall–Kier alpha value is -1.35. The van der Waals surface area contributed by atoms with Gasteiger partial charge in [0.15, 0.2) is 0 Å². The van der Waals surface area contributed by atoms with Gasteiger partial charge in [0, 0.05) is 24.5 Å². The number of rotatable bonds is 2. The van der Waals surface area contributed by atoms with Crippen LogP contribution in [0.1, 0.15) is 30.5 Å². The van der Waals surface area contributed by atoms with Gasteiger partial charge in [-0.25, -0.2) is 0 Å². The zero-order valence-corrected chi connectivity index (χ0v) is 9.91. The van der Waals surface area contributed by atoms with Gasteiger partial charge in [-0.3, -0.25) is 4.99 Å². The highest BCUT2D eigenvalue weighted by Crippen LogP contribution is 2.17. The third kappa shape index (κ3) is 3.72. The minimum atomic E-state index is 0.0274. The third-order valence-electron chi connectivity index (χ3n) is 1.98. The first-order valence-corrected chi connectivity index (χ1v) is 5.11. The summed E-state index contributed by atoms with van der Waals surface area (Å²) in [4.78, 5) is 3.90. The molecular formula is C12H20N2O. The van der Waals surface area contributed by atoms with E-state index in [1.54, 1.807) is 19.3 Å². The topological polar surface area (TPSA) is 58.6 Å². The van der Waals surface area contributed by atoms with Crippen LogP contribution in [-0.2, 0) is 6.61 Å². The van der Waals surface area contributed by atoms with Crippen LogP contribution in [0.25, 0.3) is 0 Å². The Kier molecular flexibility index (Phi) is 6.38. The molecule has 0 heterocycles. The summed E-state index contributed by atoms with van der Waals surface area (Å²) in [6.07, 6.45) is 1.71. The molecule has 0 bridgehead atoms. The van der Waals surface area contributed by atoms with Crippen LogP contribution in [0, 0.1) is 6.92 Å². The molecule has 15 heavy (non-hydrogen) atoms. The van der Waals surface area contributed by atoms with E-state index in [2.05, 4.69) is 4.99 Å². The van der Waals surface area contributed by atoms with Crippen LogP contribution in [-0.4, -0.2) is 18.4 Å². The smallest absolute Gasteiger partial charge is 0.0685 e. The number of aryl methyl sites for hydroxylation is 1. The molecule has 0 fully saturated rings. The molecule has 1 aromatic carbocycles. The molecule has 0 aliphatic carbocycles. The lowest BCUT2D eigenvalue weighted by Gasteiger charge is -2.06. The summed E-state index contributed by atoms with van der Waals surface area (Å²) >= 11 is 0. The molecule has 0 aliphatic heterocycles. The molecule has 0 unspecified atom stereocenters.